The van der Waals surface area contributed by atoms with Crippen LogP contribution in [0.1, 0.15) is 26.7 Å². The van der Waals surface area contributed by atoms with Crippen LogP contribution in [0.15, 0.2) is 42.5 Å². The number of rotatable bonds is 7. The van der Waals surface area contributed by atoms with Gasteiger partial charge in [0, 0.05) is 47.5 Å². The maximum atomic E-state index is 16.8. The van der Waals surface area contributed by atoms with Crippen LogP contribution in [-0.4, -0.2) is 83.1 Å². The number of phenolic OH excluding ortho intramolecular Hbond substituents is 1. The molecule has 4 atom stereocenters. The van der Waals surface area contributed by atoms with Gasteiger partial charge in [0.05, 0.1) is 23.8 Å². The first kappa shape index (κ1) is 28.5. The number of aromatic hydroxyl groups is 1. The summed E-state index contributed by atoms with van der Waals surface area (Å²) in [6.45, 7) is 6.54. The van der Waals surface area contributed by atoms with E-state index in [1.807, 2.05) is 38.4 Å². The van der Waals surface area contributed by atoms with Gasteiger partial charge in [-0.15, -0.1) is 0 Å². The van der Waals surface area contributed by atoms with Gasteiger partial charge in [0.1, 0.15) is 17.1 Å². The molecule has 0 radical (unpaired) electrons. The third-order valence-electron chi connectivity index (χ3n) is 9.75. The van der Waals surface area contributed by atoms with Crippen molar-refractivity contribution in [2.45, 2.75) is 44.4 Å². The number of hydrogen-bond acceptors (Lipinski definition) is 8. The van der Waals surface area contributed by atoms with Crippen LogP contribution in [0.25, 0.3) is 32.8 Å². The van der Waals surface area contributed by atoms with E-state index in [0.717, 1.165) is 30.2 Å². The Labute approximate surface area is 255 Å². The van der Waals surface area contributed by atoms with Crippen molar-refractivity contribution in [2.75, 3.05) is 45.2 Å². The second kappa shape index (κ2) is 10.2. The number of hydrogen-bond donors (Lipinski definition) is 3. The number of ether oxygens (including phenoxy) is 1. The molecule has 2 saturated heterocycles. The van der Waals surface area contributed by atoms with Crippen LogP contribution >= 0.6 is 11.6 Å². The highest BCUT2D eigenvalue weighted by atomic mass is 35.5. The maximum Gasteiger partial charge on any atom is 0.319 e. The van der Waals surface area contributed by atoms with E-state index in [4.69, 9.17) is 21.3 Å². The molecule has 3 aliphatic rings. The number of nitrogens with one attached hydrogen (secondary N) is 1. The number of aromatic nitrogens is 2. The van der Waals surface area contributed by atoms with Crippen molar-refractivity contribution in [3.63, 3.8) is 0 Å². The van der Waals surface area contributed by atoms with Gasteiger partial charge in [-0.3, -0.25) is 0 Å². The lowest BCUT2D eigenvalue weighted by Gasteiger charge is -2.41. The lowest BCUT2D eigenvalue weighted by molar-refractivity contribution is 0.119. The van der Waals surface area contributed by atoms with Gasteiger partial charge < -0.3 is 30.1 Å². The number of halogens is 2. The molecule has 1 unspecified atom stereocenters. The number of piperazine rings is 1. The summed E-state index contributed by atoms with van der Waals surface area (Å²) in [4.78, 5) is 13.7. The zero-order valence-corrected chi connectivity index (χ0v) is 25.6. The molecular formula is C33H37ClFN5O3. The lowest BCUT2D eigenvalue weighted by Crippen LogP contribution is -2.60. The highest BCUT2D eigenvalue weighted by molar-refractivity contribution is 6.35. The second-order valence-electron chi connectivity index (χ2n) is 13.3. The molecule has 7 rings (SSSR count). The Morgan fingerprint density at radius 3 is 2.65 bits per heavy atom. The summed E-state index contributed by atoms with van der Waals surface area (Å²) in [6.07, 6.45) is 1.60. The van der Waals surface area contributed by atoms with E-state index in [1.165, 1.54) is 6.07 Å². The highest BCUT2D eigenvalue weighted by Crippen LogP contribution is 2.47. The second-order valence-corrected chi connectivity index (χ2v) is 13.7. The van der Waals surface area contributed by atoms with Crippen molar-refractivity contribution >= 4 is 39.1 Å². The molecule has 3 aromatic carbocycles. The number of anilines is 1. The number of fused-ring (bicyclic) bond motifs is 4. The Morgan fingerprint density at radius 2 is 1.93 bits per heavy atom. The molecular weight excluding hydrogens is 569 g/mol. The van der Waals surface area contributed by atoms with Gasteiger partial charge in [0.2, 0.25) is 0 Å². The molecule has 1 aliphatic carbocycles. The van der Waals surface area contributed by atoms with Crippen LogP contribution in [0.4, 0.5) is 10.2 Å². The predicted molar refractivity (Wildman–Crippen MR) is 168 cm³/mol. The van der Waals surface area contributed by atoms with Crippen LogP contribution in [0.2, 0.25) is 5.02 Å². The number of benzene rings is 3. The van der Waals surface area contributed by atoms with Gasteiger partial charge in [-0.1, -0.05) is 42.8 Å². The lowest BCUT2D eigenvalue weighted by atomic mass is 9.87. The molecule has 2 bridgehead atoms. The van der Waals surface area contributed by atoms with Gasteiger partial charge in [-0.25, -0.2) is 4.39 Å². The van der Waals surface area contributed by atoms with E-state index in [0.29, 0.717) is 36.5 Å². The van der Waals surface area contributed by atoms with Crippen molar-refractivity contribution in [3.05, 3.63) is 53.3 Å². The predicted octanol–water partition coefficient (Wildman–Crippen LogP) is 5.22. The first-order chi connectivity index (χ1) is 20.5. The van der Waals surface area contributed by atoms with E-state index in [1.54, 1.807) is 12.1 Å². The van der Waals surface area contributed by atoms with Gasteiger partial charge in [0.25, 0.3) is 0 Å². The Hall–Kier alpha value is -3.24. The van der Waals surface area contributed by atoms with Crippen molar-refractivity contribution in [2.24, 2.45) is 11.3 Å². The monoisotopic (exact) mass is 605 g/mol. The molecule has 10 heteroatoms. The summed E-state index contributed by atoms with van der Waals surface area (Å²) in [7, 11) is 4.09. The molecule has 1 saturated carbocycles. The largest absolute Gasteiger partial charge is 0.508 e. The van der Waals surface area contributed by atoms with E-state index < -0.39 is 11.9 Å². The smallest absolute Gasteiger partial charge is 0.319 e. The fourth-order valence-corrected chi connectivity index (χ4v) is 7.49. The van der Waals surface area contributed by atoms with Gasteiger partial charge in [0.15, 0.2) is 5.82 Å². The Balaban J connectivity index is 1.39. The van der Waals surface area contributed by atoms with Crippen LogP contribution < -0.4 is 15.0 Å². The van der Waals surface area contributed by atoms with Gasteiger partial charge in [-0.2, -0.15) is 9.97 Å². The fraction of sp³-hybridized carbons (Fsp3) is 0.455. The van der Waals surface area contributed by atoms with E-state index >= 15 is 4.39 Å². The van der Waals surface area contributed by atoms with Crippen molar-refractivity contribution in [1.82, 2.24) is 20.2 Å². The molecule has 8 nitrogen and oxygen atoms in total. The van der Waals surface area contributed by atoms with Crippen LogP contribution in [0.3, 0.4) is 0 Å². The Morgan fingerprint density at radius 1 is 1.16 bits per heavy atom. The summed E-state index contributed by atoms with van der Waals surface area (Å²) in [6, 6.07) is 12.4. The fourth-order valence-electron chi connectivity index (χ4n) is 7.20. The molecule has 1 aromatic heterocycles. The molecule has 4 aromatic rings. The molecule has 3 N–H and O–H groups in total. The number of aliphatic hydroxyl groups excluding tert-OH is 1. The summed E-state index contributed by atoms with van der Waals surface area (Å²) < 4.78 is 23.1. The standard InChI is InChI=1S/C33H37ClFN5O3/c1-18-29(42)25-14-40(15-32(18,2)38-25)30-23-13-24(34)26(22-12-20(41)11-19-7-5-6-8-21(19)22)27(35)28(23)36-31(37-30)43-17-33(9-10-33)16-39(3)4/h5-8,11-13,18,25,29,38,41-42H,9-10,14-17H2,1-4H3/t18-,25?,29+,32+/m1/s1. The number of phenols is 1. The van der Waals surface area contributed by atoms with Crippen molar-refractivity contribution in [1.29, 1.82) is 0 Å². The normalized spacial score (nSPS) is 26.0. The van der Waals surface area contributed by atoms with Crippen LogP contribution in [0.5, 0.6) is 11.8 Å². The van der Waals surface area contributed by atoms with Crippen molar-refractivity contribution in [3.8, 4) is 22.9 Å². The summed E-state index contributed by atoms with van der Waals surface area (Å²) in [5.41, 5.74) is 0.434. The molecule has 226 valence electrons. The van der Waals surface area contributed by atoms with Crippen LogP contribution in [-0.2, 0) is 0 Å². The minimum atomic E-state index is -0.598. The minimum Gasteiger partial charge on any atom is -0.508 e. The van der Waals surface area contributed by atoms with E-state index in [-0.39, 0.29) is 50.8 Å². The van der Waals surface area contributed by atoms with Gasteiger partial charge in [-0.05, 0) is 68.4 Å². The summed E-state index contributed by atoms with van der Waals surface area (Å²) in [5.74, 6) is -0.0222. The first-order valence-electron chi connectivity index (χ1n) is 14.9. The Bertz CT molecular complexity index is 1750. The highest BCUT2D eigenvalue weighted by Gasteiger charge is 2.52. The SMILES string of the molecule is C[C@@H]1[C@H](O)C2CN(c3nc(OCC4(CN(C)C)CC4)nc4c(F)c(-c5cc(O)cc6ccccc56)c(Cl)cc34)C[C@]1(C)N2. The zero-order valence-electron chi connectivity index (χ0n) is 24.9. The average Bonchev–Trinajstić information content (AvgIpc) is 3.70. The molecule has 3 fully saturated rings. The quantitative estimate of drug-likeness (QED) is 0.264. The molecule has 43 heavy (non-hydrogen) atoms. The van der Waals surface area contributed by atoms with Crippen LogP contribution in [0, 0.1) is 17.2 Å². The average molecular weight is 606 g/mol. The molecule has 0 amide bonds. The van der Waals surface area contributed by atoms with Gasteiger partial charge >= 0.3 is 6.01 Å². The summed E-state index contributed by atoms with van der Waals surface area (Å²) >= 11 is 6.88. The van der Waals surface area contributed by atoms with E-state index in [2.05, 4.69) is 33.9 Å². The van der Waals surface area contributed by atoms with Crippen molar-refractivity contribution < 1.29 is 19.3 Å². The summed E-state index contributed by atoms with van der Waals surface area (Å²) in [5, 5.41) is 27.2. The molecule has 0 spiro atoms. The zero-order chi connectivity index (χ0) is 30.3. The molecule has 3 heterocycles. The Kier molecular flexibility index (Phi) is 6.74. The topological polar surface area (TPSA) is 94.0 Å². The minimum absolute atomic E-state index is 0.0181. The third kappa shape index (κ3) is 4.86. The molecule has 2 aliphatic heterocycles. The number of nitrogens with zero attached hydrogens (tertiary/aromatic N) is 4. The van der Waals surface area contributed by atoms with E-state index in [9.17, 15) is 10.2 Å². The number of aliphatic hydroxyl groups is 1. The maximum absolute atomic E-state index is 16.8. The first-order valence-corrected chi connectivity index (χ1v) is 15.2. The third-order valence-corrected chi connectivity index (χ3v) is 10.1.